The zero-order chi connectivity index (χ0) is 17.1. The molecule has 6 heteroatoms. The number of carbonyl (C=O) groups is 2. The van der Waals surface area contributed by atoms with Crippen LogP contribution < -0.4 is 9.47 Å². The lowest BCUT2D eigenvalue weighted by Crippen LogP contribution is -2.52. The van der Waals surface area contributed by atoms with Gasteiger partial charge in [0.25, 0.3) is 0 Å². The fourth-order valence-electron chi connectivity index (χ4n) is 3.12. The van der Waals surface area contributed by atoms with Gasteiger partial charge in [-0.05, 0) is 37.0 Å². The second-order valence-corrected chi connectivity index (χ2v) is 6.32. The SMILES string of the molecule is COc1ccc(CCC(=O)N2CCN(C3CC3)C(=O)C2)cc1OC. The molecule has 0 atom stereocenters. The topological polar surface area (TPSA) is 59.1 Å². The van der Waals surface area contributed by atoms with Gasteiger partial charge in [-0.2, -0.15) is 0 Å². The van der Waals surface area contributed by atoms with Crippen molar-refractivity contribution >= 4 is 11.8 Å². The number of hydrogen-bond donors (Lipinski definition) is 0. The second kappa shape index (κ2) is 7.11. The van der Waals surface area contributed by atoms with Crippen molar-refractivity contribution in [3.63, 3.8) is 0 Å². The van der Waals surface area contributed by atoms with Gasteiger partial charge in [0, 0.05) is 25.6 Å². The Balaban J connectivity index is 1.53. The van der Waals surface area contributed by atoms with Crippen molar-refractivity contribution in [3.8, 4) is 11.5 Å². The molecule has 130 valence electrons. The fraction of sp³-hybridized carbons (Fsp3) is 0.556. The van der Waals surface area contributed by atoms with E-state index < -0.39 is 0 Å². The minimum atomic E-state index is 0.0357. The van der Waals surface area contributed by atoms with Crippen molar-refractivity contribution in [2.45, 2.75) is 31.7 Å². The molecule has 0 radical (unpaired) electrons. The standard InChI is InChI=1S/C18H24N2O4/c1-23-15-7-3-13(11-16(15)24-2)4-8-17(21)19-9-10-20(14-5-6-14)18(22)12-19/h3,7,11,14H,4-6,8-10,12H2,1-2H3. The summed E-state index contributed by atoms with van der Waals surface area (Å²) in [6.45, 7) is 1.54. The number of carbonyl (C=O) groups excluding carboxylic acids is 2. The van der Waals surface area contributed by atoms with Gasteiger partial charge in [-0.25, -0.2) is 0 Å². The van der Waals surface area contributed by atoms with E-state index in [0.29, 0.717) is 43.5 Å². The molecule has 0 N–H and O–H groups in total. The lowest BCUT2D eigenvalue weighted by molar-refractivity contribution is -0.145. The lowest BCUT2D eigenvalue weighted by atomic mass is 10.1. The molecule has 1 heterocycles. The molecular formula is C18H24N2O4. The highest BCUT2D eigenvalue weighted by Crippen LogP contribution is 2.29. The van der Waals surface area contributed by atoms with E-state index in [9.17, 15) is 9.59 Å². The summed E-state index contributed by atoms with van der Waals surface area (Å²) in [6.07, 6.45) is 3.24. The predicted octanol–water partition coefficient (Wildman–Crippen LogP) is 1.47. The third-order valence-electron chi connectivity index (χ3n) is 4.67. The van der Waals surface area contributed by atoms with Crippen LogP contribution in [0.25, 0.3) is 0 Å². The van der Waals surface area contributed by atoms with Crippen molar-refractivity contribution in [2.24, 2.45) is 0 Å². The molecule has 2 amide bonds. The average molecular weight is 332 g/mol. The largest absolute Gasteiger partial charge is 0.493 e. The molecule has 6 nitrogen and oxygen atoms in total. The van der Waals surface area contributed by atoms with Crippen LogP contribution in [0.5, 0.6) is 11.5 Å². The molecule has 0 unspecified atom stereocenters. The molecule has 1 aromatic rings. The van der Waals surface area contributed by atoms with E-state index in [0.717, 1.165) is 18.4 Å². The second-order valence-electron chi connectivity index (χ2n) is 6.32. The first-order valence-corrected chi connectivity index (χ1v) is 8.40. The van der Waals surface area contributed by atoms with Gasteiger partial charge in [0.15, 0.2) is 11.5 Å². The summed E-state index contributed by atoms with van der Waals surface area (Å²) in [5.74, 6) is 1.46. The molecule has 24 heavy (non-hydrogen) atoms. The molecule has 1 saturated carbocycles. The Bertz CT molecular complexity index is 627. The number of piperazine rings is 1. The first-order valence-electron chi connectivity index (χ1n) is 8.40. The third-order valence-corrected chi connectivity index (χ3v) is 4.67. The Morgan fingerprint density at radius 2 is 1.92 bits per heavy atom. The van der Waals surface area contributed by atoms with Crippen LogP contribution in [-0.2, 0) is 16.0 Å². The number of methoxy groups -OCH3 is 2. The first-order chi connectivity index (χ1) is 11.6. The zero-order valence-corrected chi connectivity index (χ0v) is 14.3. The maximum absolute atomic E-state index is 12.4. The van der Waals surface area contributed by atoms with Crippen LogP contribution >= 0.6 is 0 Å². The van der Waals surface area contributed by atoms with Gasteiger partial charge < -0.3 is 19.3 Å². The summed E-state index contributed by atoms with van der Waals surface area (Å²) >= 11 is 0. The molecule has 0 spiro atoms. The lowest BCUT2D eigenvalue weighted by Gasteiger charge is -2.34. The smallest absolute Gasteiger partial charge is 0.242 e. The summed E-state index contributed by atoms with van der Waals surface area (Å²) in [5.41, 5.74) is 1.02. The molecule has 2 aliphatic rings. The highest BCUT2D eigenvalue weighted by molar-refractivity contribution is 5.86. The highest BCUT2D eigenvalue weighted by Gasteiger charge is 2.36. The van der Waals surface area contributed by atoms with E-state index in [1.165, 1.54) is 0 Å². The van der Waals surface area contributed by atoms with Gasteiger partial charge in [-0.3, -0.25) is 9.59 Å². The van der Waals surface area contributed by atoms with E-state index in [4.69, 9.17) is 9.47 Å². The van der Waals surface area contributed by atoms with Crippen molar-refractivity contribution in [2.75, 3.05) is 33.9 Å². The molecule has 2 fully saturated rings. The zero-order valence-electron chi connectivity index (χ0n) is 14.3. The van der Waals surface area contributed by atoms with Crippen LogP contribution in [0.1, 0.15) is 24.8 Å². The molecule has 3 rings (SSSR count). The van der Waals surface area contributed by atoms with Gasteiger partial charge in [0.2, 0.25) is 11.8 Å². The minimum Gasteiger partial charge on any atom is -0.493 e. The predicted molar refractivity (Wildman–Crippen MR) is 89.2 cm³/mol. The van der Waals surface area contributed by atoms with E-state index in [2.05, 4.69) is 0 Å². The average Bonchev–Trinajstić information content (AvgIpc) is 3.44. The number of benzene rings is 1. The quantitative estimate of drug-likeness (QED) is 0.791. The summed E-state index contributed by atoms with van der Waals surface area (Å²) in [7, 11) is 3.19. The number of ether oxygens (including phenoxy) is 2. The van der Waals surface area contributed by atoms with Crippen LogP contribution in [-0.4, -0.2) is 61.5 Å². The Morgan fingerprint density at radius 3 is 2.54 bits per heavy atom. The van der Waals surface area contributed by atoms with Crippen molar-refractivity contribution in [3.05, 3.63) is 23.8 Å². The first kappa shape index (κ1) is 16.6. The molecule has 0 aromatic heterocycles. The van der Waals surface area contributed by atoms with E-state index in [1.54, 1.807) is 19.1 Å². The molecule has 0 bridgehead atoms. The summed E-state index contributed by atoms with van der Waals surface area (Å²) < 4.78 is 10.5. The van der Waals surface area contributed by atoms with Crippen LogP contribution in [0.3, 0.4) is 0 Å². The number of rotatable bonds is 6. The fourth-order valence-corrected chi connectivity index (χ4v) is 3.12. The molecular weight excluding hydrogens is 308 g/mol. The van der Waals surface area contributed by atoms with Gasteiger partial charge in [0.1, 0.15) is 0 Å². The van der Waals surface area contributed by atoms with Crippen molar-refractivity contribution in [1.82, 2.24) is 9.80 Å². The van der Waals surface area contributed by atoms with Crippen LogP contribution in [0, 0.1) is 0 Å². The third kappa shape index (κ3) is 3.63. The Morgan fingerprint density at radius 1 is 1.17 bits per heavy atom. The number of hydrogen-bond acceptors (Lipinski definition) is 4. The highest BCUT2D eigenvalue weighted by atomic mass is 16.5. The van der Waals surface area contributed by atoms with Gasteiger partial charge in [-0.1, -0.05) is 6.07 Å². The van der Waals surface area contributed by atoms with Crippen molar-refractivity contribution in [1.29, 1.82) is 0 Å². The van der Waals surface area contributed by atoms with Crippen molar-refractivity contribution < 1.29 is 19.1 Å². The van der Waals surface area contributed by atoms with Gasteiger partial charge in [-0.15, -0.1) is 0 Å². The van der Waals surface area contributed by atoms with Crippen LogP contribution in [0.2, 0.25) is 0 Å². The summed E-state index contributed by atoms with van der Waals surface area (Å²) in [5, 5.41) is 0. The minimum absolute atomic E-state index is 0.0357. The maximum atomic E-state index is 12.4. The monoisotopic (exact) mass is 332 g/mol. The number of amides is 2. The van der Waals surface area contributed by atoms with Gasteiger partial charge in [0.05, 0.1) is 20.8 Å². The number of nitrogens with zero attached hydrogens (tertiary/aromatic N) is 2. The normalized spacial score (nSPS) is 17.8. The van der Waals surface area contributed by atoms with E-state index >= 15 is 0 Å². The Labute approximate surface area is 142 Å². The Hall–Kier alpha value is -2.24. The molecule has 1 aromatic carbocycles. The van der Waals surface area contributed by atoms with E-state index in [1.807, 2.05) is 23.1 Å². The molecule has 1 saturated heterocycles. The Kier molecular flexibility index (Phi) is 4.92. The van der Waals surface area contributed by atoms with Gasteiger partial charge >= 0.3 is 0 Å². The maximum Gasteiger partial charge on any atom is 0.242 e. The van der Waals surface area contributed by atoms with Crippen LogP contribution in [0.15, 0.2) is 18.2 Å². The van der Waals surface area contributed by atoms with E-state index in [-0.39, 0.29) is 18.4 Å². The molecule has 1 aliphatic heterocycles. The molecule has 1 aliphatic carbocycles. The summed E-state index contributed by atoms with van der Waals surface area (Å²) in [6, 6.07) is 6.10. The summed E-state index contributed by atoms with van der Waals surface area (Å²) in [4.78, 5) is 28.1. The van der Waals surface area contributed by atoms with Crippen LogP contribution in [0.4, 0.5) is 0 Å². The number of aryl methyl sites for hydroxylation is 1.